The van der Waals surface area contributed by atoms with E-state index in [-0.39, 0.29) is 17.8 Å². The van der Waals surface area contributed by atoms with Gasteiger partial charge in [0.05, 0.1) is 0 Å². The van der Waals surface area contributed by atoms with Gasteiger partial charge in [-0.15, -0.1) is 0 Å². The van der Waals surface area contributed by atoms with Gasteiger partial charge in [0.1, 0.15) is 0 Å². The van der Waals surface area contributed by atoms with Crippen molar-refractivity contribution in [3.8, 4) is 0 Å². The molecule has 3 aliphatic heterocycles. The molecule has 2 bridgehead atoms. The van der Waals surface area contributed by atoms with Gasteiger partial charge in [-0.3, -0.25) is 4.79 Å². The number of benzene rings is 1. The summed E-state index contributed by atoms with van der Waals surface area (Å²) in [4.78, 5) is 14.7. The van der Waals surface area contributed by atoms with Crippen molar-refractivity contribution in [2.75, 3.05) is 19.6 Å². The second-order valence-electron chi connectivity index (χ2n) is 5.78. The Morgan fingerprint density at radius 2 is 1.86 bits per heavy atom. The van der Waals surface area contributed by atoms with E-state index in [2.05, 4.69) is 15.4 Å². The van der Waals surface area contributed by atoms with Crippen LogP contribution < -0.4 is 11.1 Å². The van der Waals surface area contributed by atoms with Gasteiger partial charge in [-0.05, 0) is 44.0 Å². The number of amides is 1. The molecule has 0 aliphatic carbocycles. The van der Waals surface area contributed by atoms with Crippen molar-refractivity contribution in [2.24, 2.45) is 16.8 Å². The van der Waals surface area contributed by atoms with Gasteiger partial charge in [-0.2, -0.15) is 0 Å². The summed E-state index contributed by atoms with van der Waals surface area (Å²) in [6.07, 6.45) is 2.35. The van der Waals surface area contributed by atoms with E-state index in [0.717, 1.165) is 19.6 Å². The molecule has 3 heterocycles. The predicted octanol–water partition coefficient (Wildman–Crippen LogP) is 0.605. The fourth-order valence-electron chi connectivity index (χ4n) is 3.23. The lowest BCUT2D eigenvalue weighted by Crippen LogP contribution is -2.57. The van der Waals surface area contributed by atoms with Crippen LogP contribution in [0.3, 0.4) is 0 Å². The number of nitrogens with two attached hydrogens (primary N) is 1. The van der Waals surface area contributed by atoms with Crippen LogP contribution in [-0.2, 0) is 0 Å². The van der Waals surface area contributed by atoms with E-state index in [0.29, 0.717) is 17.0 Å². The van der Waals surface area contributed by atoms with Crippen molar-refractivity contribution in [1.29, 1.82) is 0 Å². The second-order valence-corrected chi connectivity index (χ2v) is 5.78. The number of carbonyl (C=O) groups is 1. The fourth-order valence-corrected chi connectivity index (χ4v) is 3.23. The lowest BCUT2D eigenvalue weighted by atomic mass is 9.84. The third kappa shape index (κ3) is 2.85. The van der Waals surface area contributed by atoms with Gasteiger partial charge in [0.2, 0.25) is 0 Å². The number of nitrogens with one attached hydrogen (secondary N) is 1. The number of fused-ring (bicyclic) bond motifs is 3. The molecule has 0 saturated carbocycles. The number of piperidine rings is 3. The molecule has 3 aliphatic rings. The van der Waals surface area contributed by atoms with Crippen molar-refractivity contribution in [1.82, 2.24) is 10.2 Å². The second kappa shape index (κ2) is 5.73. The van der Waals surface area contributed by atoms with Gasteiger partial charge in [0.25, 0.3) is 5.91 Å². The molecule has 6 heteroatoms. The Balaban J connectivity index is 1.65. The highest BCUT2D eigenvalue weighted by atomic mass is 16.4. The minimum Gasteiger partial charge on any atom is -0.409 e. The molecular weight excluding hydrogens is 268 g/mol. The van der Waals surface area contributed by atoms with Gasteiger partial charge >= 0.3 is 0 Å². The minimum absolute atomic E-state index is 0.0411. The Hall–Kier alpha value is -2.08. The van der Waals surface area contributed by atoms with Crippen molar-refractivity contribution >= 4 is 11.7 Å². The summed E-state index contributed by atoms with van der Waals surface area (Å²) in [5.41, 5.74) is 6.70. The van der Waals surface area contributed by atoms with Gasteiger partial charge in [-0.25, -0.2) is 0 Å². The number of carbonyl (C=O) groups excluding carboxylic acids is 1. The number of hydrogen-bond donors (Lipinski definition) is 3. The predicted molar refractivity (Wildman–Crippen MR) is 79.4 cm³/mol. The lowest BCUT2D eigenvalue weighted by Gasteiger charge is -2.44. The third-order valence-electron chi connectivity index (χ3n) is 4.52. The van der Waals surface area contributed by atoms with Crippen LogP contribution in [0.4, 0.5) is 0 Å². The first-order valence-electron chi connectivity index (χ1n) is 7.28. The Morgan fingerprint density at radius 3 is 2.38 bits per heavy atom. The normalized spacial score (nSPS) is 28.4. The highest BCUT2D eigenvalue weighted by Gasteiger charge is 2.34. The number of hydrogen-bond acceptors (Lipinski definition) is 4. The van der Waals surface area contributed by atoms with Crippen LogP contribution in [0.2, 0.25) is 0 Å². The standard InChI is InChI=1S/C15H20N4O2/c16-14(18-21)11-1-3-12(4-2-11)15(20)17-13-9-19-7-5-10(13)6-8-19/h1-4,10,13,21H,5-9H2,(H2,16,18)(H,17,20). The van der Waals surface area contributed by atoms with Crippen LogP contribution in [0.5, 0.6) is 0 Å². The van der Waals surface area contributed by atoms with Crippen molar-refractivity contribution < 1.29 is 10.0 Å². The molecule has 1 aromatic rings. The summed E-state index contributed by atoms with van der Waals surface area (Å²) in [6, 6.07) is 7.01. The van der Waals surface area contributed by atoms with Crippen LogP contribution in [0, 0.1) is 5.92 Å². The summed E-state index contributed by atoms with van der Waals surface area (Å²) < 4.78 is 0. The maximum atomic E-state index is 12.3. The van der Waals surface area contributed by atoms with Crippen LogP contribution in [-0.4, -0.2) is 47.5 Å². The number of amidine groups is 1. The van der Waals surface area contributed by atoms with E-state index < -0.39 is 0 Å². The smallest absolute Gasteiger partial charge is 0.251 e. The Morgan fingerprint density at radius 1 is 1.24 bits per heavy atom. The van der Waals surface area contributed by atoms with E-state index in [9.17, 15) is 4.79 Å². The maximum Gasteiger partial charge on any atom is 0.251 e. The summed E-state index contributed by atoms with van der Waals surface area (Å²) in [5.74, 6) is 0.592. The largest absolute Gasteiger partial charge is 0.409 e. The molecule has 3 fully saturated rings. The molecule has 1 atom stereocenters. The molecule has 0 radical (unpaired) electrons. The van der Waals surface area contributed by atoms with E-state index >= 15 is 0 Å². The highest BCUT2D eigenvalue weighted by molar-refractivity contribution is 5.99. The topological polar surface area (TPSA) is 91.0 Å². The minimum atomic E-state index is -0.0557. The molecule has 6 nitrogen and oxygen atoms in total. The molecule has 112 valence electrons. The molecule has 0 spiro atoms. The molecular formula is C15H20N4O2. The Labute approximate surface area is 123 Å². The zero-order chi connectivity index (χ0) is 14.8. The van der Waals surface area contributed by atoms with Gasteiger partial charge in [0, 0.05) is 23.7 Å². The fraction of sp³-hybridized carbons (Fsp3) is 0.467. The first kappa shape index (κ1) is 13.9. The van der Waals surface area contributed by atoms with E-state index in [1.165, 1.54) is 12.8 Å². The number of rotatable bonds is 3. The molecule has 3 saturated heterocycles. The molecule has 1 unspecified atom stereocenters. The van der Waals surface area contributed by atoms with E-state index in [4.69, 9.17) is 10.9 Å². The van der Waals surface area contributed by atoms with Crippen LogP contribution in [0.25, 0.3) is 0 Å². The molecule has 4 rings (SSSR count). The SMILES string of the molecule is N/C(=N\O)c1ccc(C(=O)NC2CN3CCC2CC3)cc1. The van der Waals surface area contributed by atoms with E-state index in [1.54, 1.807) is 24.3 Å². The number of oxime groups is 1. The average Bonchev–Trinajstić information content (AvgIpc) is 2.55. The third-order valence-corrected chi connectivity index (χ3v) is 4.52. The molecule has 4 N–H and O–H groups in total. The van der Waals surface area contributed by atoms with E-state index in [1.807, 2.05) is 0 Å². The summed E-state index contributed by atoms with van der Waals surface area (Å²) in [5, 5.41) is 14.7. The monoisotopic (exact) mass is 288 g/mol. The van der Waals surface area contributed by atoms with Gasteiger partial charge < -0.3 is 21.2 Å². The van der Waals surface area contributed by atoms with Crippen molar-refractivity contribution in [3.63, 3.8) is 0 Å². The molecule has 0 aromatic heterocycles. The lowest BCUT2D eigenvalue weighted by molar-refractivity contribution is 0.0620. The average molecular weight is 288 g/mol. The van der Waals surface area contributed by atoms with Crippen LogP contribution >= 0.6 is 0 Å². The van der Waals surface area contributed by atoms with Gasteiger partial charge in [0.15, 0.2) is 5.84 Å². The first-order valence-corrected chi connectivity index (χ1v) is 7.28. The Bertz CT molecular complexity index is 547. The molecule has 21 heavy (non-hydrogen) atoms. The number of nitrogens with zero attached hydrogens (tertiary/aromatic N) is 2. The highest BCUT2D eigenvalue weighted by Crippen LogP contribution is 2.27. The summed E-state index contributed by atoms with van der Waals surface area (Å²) >= 11 is 0. The van der Waals surface area contributed by atoms with Crippen LogP contribution in [0.1, 0.15) is 28.8 Å². The maximum absolute atomic E-state index is 12.3. The van der Waals surface area contributed by atoms with Crippen LogP contribution in [0.15, 0.2) is 29.4 Å². The van der Waals surface area contributed by atoms with Crippen molar-refractivity contribution in [2.45, 2.75) is 18.9 Å². The first-order chi connectivity index (χ1) is 10.2. The van der Waals surface area contributed by atoms with Crippen molar-refractivity contribution in [3.05, 3.63) is 35.4 Å². The van der Waals surface area contributed by atoms with Gasteiger partial charge in [-0.1, -0.05) is 17.3 Å². The molecule has 1 amide bonds. The summed E-state index contributed by atoms with van der Waals surface area (Å²) in [7, 11) is 0. The Kier molecular flexibility index (Phi) is 3.79. The summed E-state index contributed by atoms with van der Waals surface area (Å²) in [6.45, 7) is 3.27. The quantitative estimate of drug-likeness (QED) is 0.329. The zero-order valence-electron chi connectivity index (χ0n) is 11.8. The molecule has 1 aromatic carbocycles. The zero-order valence-corrected chi connectivity index (χ0v) is 11.8.